The van der Waals surface area contributed by atoms with Crippen molar-refractivity contribution in [3.63, 3.8) is 0 Å². The fourth-order valence-electron chi connectivity index (χ4n) is 2.87. The van der Waals surface area contributed by atoms with Gasteiger partial charge in [0.05, 0.1) is 22.4 Å². The van der Waals surface area contributed by atoms with Crippen LogP contribution in [0.5, 0.6) is 0 Å². The maximum atomic E-state index is 13.3. The van der Waals surface area contributed by atoms with E-state index in [0.717, 1.165) is 0 Å². The molecule has 0 aliphatic heterocycles. The summed E-state index contributed by atoms with van der Waals surface area (Å²) in [4.78, 5) is -0.336. The Morgan fingerprint density at radius 1 is 0.767 bits per heavy atom. The van der Waals surface area contributed by atoms with Crippen LogP contribution in [-0.2, 0) is 24.8 Å². The number of sulfonamides is 2. The van der Waals surface area contributed by atoms with Crippen LogP contribution in [0.15, 0.2) is 94.7 Å². The van der Waals surface area contributed by atoms with E-state index in [-0.39, 0.29) is 9.79 Å². The molecule has 0 aliphatic rings. The van der Waals surface area contributed by atoms with E-state index in [1.165, 1.54) is 79.9 Å². The van der Waals surface area contributed by atoms with Crippen molar-refractivity contribution >= 4 is 20.0 Å². The average Bonchev–Trinajstić information content (AvgIpc) is 2.76. The number of halogens is 1. The van der Waals surface area contributed by atoms with Gasteiger partial charge in [-0.15, -0.1) is 0 Å². The lowest BCUT2D eigenvalue weighted by Crippen LogP contribution is -2.40. The molecule has 9 heteroatoms. The van der Waals surface area contributed by atoms with Gasteiger partial charge in [0, 0.05) is 7.11 Å². The molecule has 0 heterocycles. The molecule has 3 rings (SSSR count). The van der Waals surface area contributed by atoms with Gasteiger partial charge in [-0.2, -0.15) is 0 Å². The summed E-state index contributed by atoms with van der Waals surface area (Å²) >= 11 is 0. The summed E-state index contributed by atoms with van der Waals surface area (Å²) in [5.41, 5.74) is 0.440. The predicted molar refractivity (Wildman–Crippen MR) is 110 cm³/mol. The number of ether oxygens (including phenoxy) is 1. The molecular formula is C21H20FNO5S2. The van der Waals surface area contributed by atoms with Crippen molar-refractivity contribution < 1.29 is 26.0 Å². The van der Waals surface area contributed by atoms with Crippen LogP contribution < -0.4 is 0 Å². The topological polar surface area (TPSA) is 80.8 Å². The van der Waals surface area contributed by atoms with Crippen molar-refractivity contribution in [3.8, 4) is 0 Å². The van der Waals surface area contributed by atoms with Crippen molar-refractivity contribution in [2.24, 2.45) is 0 Å². The summed E-state index contributed by atoms with van der Waals surface area (Å²) in [6.07, 6.45) is -0.942. The van der Waals surface area contributed by atoms with Crippen LogP contribution in [0.4, 0.5) is 4.39 Å². The predicted octanol–water partition coefficient (Wildman–Crippen LogP) is 3.59. The highest BCUT2D eigenvalue weighted by Gasteiger charge is 2.38. The summed E-state index contributed by atoms with van der Waals surface area (Å²) < 4.78 is 72.4. The highest BCUT2D eigenvalue weighted by atomic mass is 32.3. The number of nitrogens with zero attached hydrogens (tertiary/aromatic N) is 1. The summed E-state index contributed by atoms with van der Waals surface area (Å²) in [6.45, 7) is -0.517. The number of hydrogen-bond acceptors (Lipinski definition) is 5. The van der Waals surface area contributed by atoms with Gasteiger partial charge < -0.3 is 4.74 Å². The Morgan fingerprint density at radius 3 is 1.60 bits per heavy atom. The normalized spacial score (nSPS) is 13.3. The molecule has 0 amide bonds. The smallest absolute Gasteiger partial charge is 0.256 e. The Morgan fingerprint density at radius 2 is 1.20 bits per heavy atom. The maximum absolute atomic E-state index is 13.3. The average molecular weight is 450 g/mol. The molecule has 1 atom stereocenters. The standard InChI is InChI=1S/C21H20FNO5S2/c1-28-21(17-12-14-18(22)15-13-17)16-23(29(24,25)19-8-4-2-5-9-19)30(26,27)20-10-6-3-7-11-20/h2-15,21H,16H2,1H3. The zero-order valence-electron chi connectivity index (χ0n) is 16.1. The lowest BCUT2D eigenvalue weighted by atomic mass is 10.1. The van der Waals surface area contributed by atoms with Crippen molar-refractivity contribution in [2.75, 3.05) is 13.7 Å². The van der Waals surface area contributed by atoms with E-state index in [9.17, 15) is 21.2 Å². The van der Waals surface area contributed by atoms with Gasteiger partial charge in [-0.05, 0) is 42.0 Å². The number of methoxy groups -OCH3 is 1. The van der Waals surface area contributed by atoms with Gasteiger partial charge >= 0.3 is 0 Å². The van der Waals surface area contributed by atoms with Gasteiger partial charge in [-0.25, -0.2) is 21.2 Å². The molecule has 3 aromatic rings. The molecule has 0 aromatic heterocycles. The fraction of sp³-hybridized carbons (Fsp3) is 0.143. The molecule has 0 spiro atoms. The Hall–Kier alpha value is -2.59. The van der Waals surface area contributed by atoms with Crippen LogP contribution in [0.2, 0.25) is 0 Å². The number of hydrogen-bond donors (Lipinski definition) is 0. The van der Waals surface area contributed by atoms with Gasteiger partial charge in [0.2, 0.25) is 0 Å². The zero-order valence-corrected chi connectivity index (χ0v) is 17.7. The molecule has 158 valence electrons. The van der Waals surface area contributed by atoms with Crippen LogP contribution >= 0.6 is 0 Å². The Balaban J connectivity index is 2.11. The second-order valence-electron chi connectivity index (χ2n) is 6.37. The minimum absolute atomic E-state index is 0.168. The van der Waals surface area contributed by atoms with Gasteiger partial charge in [0.15, 0.2) is 0 Å². The van der Waals surface area contributed by atoms with Crippen molar-refractivity contribution in [3.05, 3.63) is 96.3 Å². The highest BCUT2D eigenvalue weighted by Crippen LogP contribution is 2.28. The summed E-state index contributed by atoms with van der Waals surface area (Å²) in [5.74, 6) is -0.473. The minimum atomic E-state index is -4.44. The fourth-order valence-corrected chi connectivity index (χ4v) is 6.56. The van der Waals surface area contributed by atoms with Gasteiger partial charge in [0.1, 0.15) is 5.82 Å². The molecule has 0 bridgehead atoms. The van der Waals surface area contributed by atoms with Gasteiger partial charge in [-0.3, -0.25) is 0 Å². The van der Waals surface area contributed by atoms with E-state index in [2.05, 4.69) is 0 Å². The van der Waals surface area contributed by atoms with Gasteiger partial charge in [-0.1, -0.05) is 52.2 Å². The third-order valence-corrected chi connectivity index (χ3v) is 8.74. The van der Waals surface area contributed by atoms with Crippen LogP contribution in [0, 0.1) is 5.82 Å². The first kappa shape index (κ1) is 22.1. The summed E-state index contributed by atoms with van der Waals surface area (Å²) in [5, 5.41) is 0. The number of benzene rings is 3. The first-order valence-electron chi connectivity index (χ1n) is 8.93. The lowest BCUT2D eigenvalue weighted by molar-refractivity contribution is 0.0962. The van der Waals surface area contributed by atoms with Crippen molar-refractivity contribution in [2.45, 2.75) is 15.9 Å². The largest absolute Gasteiger partial charge is 0.375 e. The Bertz CT molecular complexity index is 1110. The Labute approximate surface area is 175 Å². The molecule has 0 fully saturated rings. The molecule has 0 saturated carbocycles. The van der Waals surface area contributed by atoms with E-state index >= 15 is 0 Å². The highest BCUT2D eigenvalue weighted by molar-refractivity contribution is 8.04. The van der Waals surface area contributed by atoms with E-state index < -0.39 is 38.5 Å². The molecule has 0 saturated heterocycles. The summed E-state index contributed by atoms with van der Waals surface area (Å²) in [7, 11) is -7.54. The molecule has 30 heavy (non-hydrogen) atoms. The van der Waals surface area contributed by atoms with Crippen molar-refractivity contribution in [1.82, 2.24) is 3.71 Å². The first-order chi connectivity index (χ1) is 14.3. The van der Waals surface area contributed by atoms with Crippen LogP contribution in [0.3, 0.4) is 0 Å². The van der Waals surface area contributed by atoms with E-state index in [0.29, 0.717) is 9.27 Å². The van der Waals surface area contributed by atoms with Gasteiger partial charge in [0.25, 0.3) is 20.0 Å². The molecule has 0 radical (unpaired) electrons. The molecule has 6 nitrogen and oxygen atoms in total. The Kier molecular flexibility index (Phi) is 6.67. The molecule has 1 unspecified atom stereocenters. The molecule has 0 N–H and O–H groups in total. The third kappa shape index (κ3) is 4.59. The second-order valence-corrected chi connectivity index (χ2v) is 10.3. The van der Waals surface area contributed by atoms with E-state index in [1.54, 1.807) is 12.1 Å². The monoisotopic (exact) mass is 449 g/mol. The SMILES string of the molecule is COC(CN(S(=O)(=O)c1ccccc1)S(=O)(=O)c1ccccc1)c1ccc(F)cc1. The third-order valence-electron chi connectivity index (χ3n) is 4.46. The quantitative estimate of drug-likeness (QED) is 0.525. The summed E-state index contributed by atoms with van der Waals surface area (Å²) in [6, 6.07) is 19.8. The second kappa shape index (κ2) is 9.05. The van der Waals surface area contributed by atoms with Crippen LogP contribution in [-0.4, -0.2) is 34.2 Å². The van der Waals surface area contributed by atoms with E-state index in [1.807, 2.05) is 0 Å². The van der Waals surface area contributed by atoms with Crippen molar-refractivity contribution in [1.29, 1.82) is 0 Å². The van der Waals surface area contributed by atoms with E-state index in [4.69, 9.17) is 4.74 Å². The molecule has 0 aliphatic carbocycles. The maximum Gasteiger partial charge on any atom is 0.256 e. The molecule has 3 aromatic carbocycles. The van der Waals surface area contributed by atoms with Crippen LogP contribution in [0.25, 0.3) is 0 Å². The number of rotatable bonds is 8. The van der Waals surface area contributed by atoms with Crippen LogP contribution in [0.1, 0.15) is 11.7 Å². The molecular weight excluding hydrogens is 429 g/mol. The lowest BCUT2D eigenvalue weighted by Gasteiger charge is -2.26. The zero-order chi connectivity index (χ0) is 21.8. The first-order valence-corrected chi connectivity index (χ1v) is 11.8. The minimum Gasteiger partial charge on any atom is -0.375 e.